The van der Waals surface area contributed by atoms with Crippen LogP contribution in [0.2, 0.25) is 0 Å². The Kier molecular flexibility index (Phi) is 5.23. The lowest BCUT2D eigenvalue weighted by molar-refractivity contribution is -0.133. The number of likely N-dealkylation sites (tertiary alicyclic amines) is 1. The van der Waals surface area contributed by atoms with Gasteiger partial charge in [0.25, 0.3) is 5.91 Å². The Morgan fingerprint density at radius 3 is 2.19 bits per heavy atom. The second-order valence-electron chi connectivity index (χ2n) is 7.76. The summed E-state index contributed by atoms with van der Waals surface area (Å²) < 4.78 is 0. The number of nitrogens with one attached hydrogen (secondary N) is 1. The van der Waals surface area contributed by atoms with Crippen LogP contribution in [0.5, 0.6) is 0 Å². The molecule has 1 aliphatic carbocycles. The van der Waals surface area contributed by atoms with Gasteiger partial charge in [0, 0.05) is 30.3 Å². The fourth-order valence-electron chi connectivity index (χ4n) is 3.80. The second-order valence-corrected chi connectivity index (χ2v) is 7.76. The van der Waals surface area contributed by atoms with Crippen molar-refractivity contribution in [2.24, 2.45) is 11.8 Å². The molecule has 1 heterocycles. The van der Waals surface area contributed by atoms with E-state index in [9.17, 15) is 9.59 Å². The number of amides is 2. The van der Waals surface area contributed by atoms with Crippen LogP contribution in [-0.4, -0.2) is 29.8 Å². The van der Waals surface area contributed by atoms with Gasteiger partial charge >= 0.3 is 0 Å². The largest absolute Gasteiger partial charge is 0.342 e. The highest BCUT2D eigenvalue weighted by Gasteiger charge is 2.34. The minimum absolute atomic E-state index is 0.0837. The Morgan fingerprint density at radius 2 is 1.56 bits per heavy atom. The van der Waals surface area contributed by atoms with Crippen LogP contribution in [0.25, 0.3) is 0 Å². The predicted molar refractivity (Wildman–Crippen MR) is 107 cm³/mol. The van der Waals surface area contributed by atoms with Crippen molar-refractivity contribution < 1.29 is 9.59 Å². The first-order valence-corrected chi connectivity index (χ1v) is 9.93. The maximum atomic E-state index is 12.3. The minimum atomic E-state index is -0.0837. The maximum absolute atomic E-state index is 12.3. The zero-order valence-corrected chi connectivity index (χ0v) is 15.6. The molecule has 1 saturated carbocycles. The molecule has 2 aliphatic rings. The van der Waals surface area contributed by atoms with Crippen LogP contribution < -0.4 is 5.32 Å². The van der Waals surface area contributed by atoms with Crippen LogP contribution in [0.15, 0.2) is 54.6 Å². The fraction of sp³-hybridized carbons (Fsp3) is 0.391. The topological polar surface area (TPSA) is 49.4 Å². The van der Waals surface area contributed by atoms with Crippen LogP contribution in [0, 0.1) is 11.8 Å². The lowest BCUT2D eigenvalue weighted by atomic mass is 9.89. The number of para-hydroxylation sites is 1. The highest BCUT2D eigenvalue weighted by molar-refractivity contribution is 6.04. The SMILES string of the molecule is O=C(Nc1ccccc1)c1ccc(CC2CCN(C(=O)C3CC3)CC2)cc1. The molecule has 1 N–H and O–H groups in total. The van der Waals surface area contributed by atoms with Gasteiger partial charge in [0.2, 0.25) is 5.91 Å². The maximum Gasteiger partial charge on any atom is 0.255 e. The number of hydrogen-bond acceptors (Lipinski definition) is 2. The molecule has 4 nitrogen and oxygen atoms in total. The number of benzene rings is 2. The minimum Gasteiger partial charge on any atom is -0.342 e. The van der Waals surface area contributed by atoms with Crippen molar-refractivity contribution in [3.63, 3.8) is 0 Å². The number of rotatable bonds is 5. The van der Waals surface area contributed by atoms with Crippen molar-refractivity contribution in [2.45, 2.75) is 32.1 Å². The summed E-state index contributed by atoms with van der Waals surface area (Å²) in [7, 11) is 0. The summed E-state index contributed by atoms with van der Waals surface area (Å²) in [6, 6.07) is 17.4. The average Bonchev–Trinajstić information content (AvgIpc) is 3.55. The number of nitrogens with zero attached hydrogens (tertiary/aromatic N) is 1. The van der Waals surface area contributed by atoms with Crippen molar-refractivity contribution in [3.05, 3.63) is 65.7 Å². The summed E-state index contributed by atoms with van der Waals surface area (Å²) in [5.41, 5.74) is 2.74. The van der Waals surface area contributed by atoms with Gasteiger partial charge in [-0.3, -0.25) is 9.59 Å². The molecule has 2 aromatic carbocycles. The van der Waals surface area contributed by atoms with Crippen molar-refractivity contribution in [2.75, 3.05) is 18.4 Å². The third kappa shape index (κ3) is 4.57. The van der Waals surface area contributed by atoms with Gasteiger partial charge in [-0.15, -0.1) is 0 Å². The number of hydrogen-bond donors (Lipinski definition) is 1. The normalized spacial score (nSPS) is 17.6. The second kappa shape index (κ2) is 7.95. The van der Waals surface area contributed by atoms with E-state index >= 15 is 0 Å². The van der Waals surface area contributed by atoms with E-state index in [2.05, 4.69) is 22.3 Å². The Bertz CT molecular complexity index is 789. The highest BCUT2D eigenvalue weighted by Crippen LogP contribution is 2.33. The number of anilines is 1. The Morgan fingerprint density at radius 1 is 0.889 bits per heavy atom. The zero-order chi connectivity index (χ0) is 18.6. The lowest BCUT2D eigenvalue weighted by Crippen LogP contribution is -2.39. The van der Waals surface area contributed by atoms with E-state index in [0.29, 0.717) is 23.3 Å². The molecule has 4 heteroatoms. The Labute approximate surface area is 160 Å². The summed E-state index contributed by atoms with van der Waals surface area (Å²) in [4.78, 5) is 26.5. The monoisotopic (exact) mass is 362 g/mol. The number of carbonyl (C=O) groups is 2. The van der Waals surface area contributed by atoms with E-state index in [0.717, 1.165) is 50.9 Å². The van der Waals surface area contributed by atoms with Crippen LogP contribution in [0.3, 0.4) is 0 Å². The molecule has 0 spiro atoms. The molecular weight excluding hydrogens is 336 g/mol. The fourth-order valence-corrected chi connectivity index (χ4v) is 3.80. The van der Waals surface area contributed by atoms with E-state index in [1.165, 1.54) is 5.56 Å². The number of piperidine rings is 1. The van der Waals surface area contributed by atoms with E-state index in [4.69, 9.17) is 0 Å². The molecular formula is C23H26N2O2. The summed E-state index contributed by atoms with van der Waals surface area (Å²) >= 11 is 0. The molecule has 0 unspecified atom stereocenters. The Balaban J connectivity index is 1.28. The molecule has 2 fully saturated rings. The van der Waals surface area contributed by atoms with Crippen molar-refractivity contribution in [3.8, 4) is 0 Å². The first kappa shape index (κ1) is 17.8. The molecule has 27 heavy (non-hydrogen) atoms. The Hall–Kier alpha value is -2.62. The quantitative estimate of drug-likeness (QED) is 0.869. The molecule has 1 aliphatic heterocycles. The molecule has 0 aromatic heterocycles. The lowest BCUT2D eigenvalue weighted by Gasteiger charge is -2.32. The van der Waals surface area contributed by atoms with E-state index in [1.807, 2.05) is 42.5 Å². The highest BCUT2D eigenvalue weighted by atomic mass is 16.2. The van der Waals surface area contributed by atoms with Gasteiger partial charge in [-0.1, -0.05) is 30.3 Å². The molecule has 2 aromatic rings. The molecule has 140 valence electrons. The molecule has 4 rings (SSSR count). The standard InChI is InChI=1S/C23H26N2O2/c26-22(24-21-4-2-1-3-5-21)19-8-6-17(7-9-19)16-18-12-14-25(15-13-18)23(27)20-10-11-20/h1-9,18,20H,10-16H2,(H,24,26). The van der Waals surface area contributed by atoms with Crippen molar-refractivity contribution in [1.29, 1.82) is 0 Å². The van der Waals surface area contributed by atoms with Gasteiger partial charge in [0.15, 0.2) is 0 Å². The number of carbonyl (C=O) groups excluding carboxylic acids is 2. The summed E-state index contributed by atoms with van der Waals surface area (Å²) in [6.45, 7) is 1.80. The van der Waals surface area contributed by atoms with Crippen molar-refractivity contribution in [1.82, 2.24) is 4.90 Å². The van der Waals surface area contributed by atoms with Crippen molar-refractivity contribution >= 4 is 17.5 Å². The molecule has 0 radical (unpaired) electrons. The van der Waals surface area contributed by atoms with Crippen LogP contribution in [-0.2, 0) is 11.2 Å². The summed E-state index contributed by atoms with van der Waals surface area (Å²) in [6.07, 6.45) is 5.35. The van der Waals surface area contributed by atoms with E-state index < -0.39 is 0 Å². The first-order valence-electron chi connectivity index (χ1n) is 9.93. The molecule has 1 saturated heterocycles. The van der Waals surface area contributed by atoms with Gasteiger partial charge in [-0.2, -0.15) is 0 Å². The third-order valence-corrected chi connectivity index (χ3v) is 5.62. The van der Waals surface area contributed by atoms with Crippen LogP contribution >= 0.6 is 0 Å². The smallest absolute Gasteiger partial charge is 0.255 e. The third-order valence-electron chi connectivity index (χ3n) is 5.62. The van der Waals surface area contributed by atoms with Gasteiger partial charge in [0.1, 0.15) is 0 Å². The first-order chi connectivity index (χ1) is 13.2. The van der Waals surface area contributed by atoms with E-state index in [1.54, 1.807) is 0 Å². The van der Waals surface area contributed by atoms with Gasteiger partial charge < -0.3 is 10.2 Å². The summed E-state index contributed by atoms with van der Waals surface area (Å²) in [5, 5.41) is 2.91. The average molecular weight is 362 g/mol. The van der Waals surface area contributed by atoms with Crippen LogP contribution in [0.1, 0.15) is 41.6 Å². The van der Waals surface area contributed by atoms with Crippen LogP contribution in [0.4, 0.5) is 5.69 Å². The molecule has 0 bridgehead atoms. The van der Waals surface area contributed by atoms with E-state index in [-0.39, 0.29) is 5.91 Å². The predicted octanol–water partition coefficient (Wildman–Crippen LogP) is 4.13. The molecule has 0 atom stereocenters. The van der Waals surface area contributed by atoms with Gasteiger partial charge in [0.05, 0.1) is 0 Å². The van der Waals surface area contributed by atoms with Gasteiger partial charge in [-0.05, 0) is 67.9 Å². The summed E-state index contributed by atoms with van der Waals surface area (Å²) in [5.74, 6) is 1.25. The zero-order valence-electron chi connectivity index (χ0n) is 15.6. The molecule has 2 amide bonds. The van der Waals surface area contributed by atoms with Gasteiger partial charge in [-0.25, -0.2) is 0 Å².